The molecule has 0 spiro atoms. The Hall–Kier alpha value is -3.10. The fourth-order valence-electron chi connectivity index (χ4n) is 3.00. The molecule has 158 valence electrons. The van der Waals surface area contributed by atoms with Crippen LogP contribution in [0.1, 0.15) is 28.6 Å². The first-order valence-electron chi connectivity index (χ1n) is 9.19. The van der Waals surface area contributed by atoms with Crippen molar-refractivity contribution >= 4 is 15.8 Å². The number of methoxy groups -OCH3 is 2. The Bertz CT molecular complexity index is 1110. The summed E-state index contributed by atoms with van der Waals surface area (Å²) in [6.07, 6.45) is 1.50. The third-order valence-electron chi connectivity index (χ3n) is 4.62. The van der Waals surface area contributed by atoms with Crippen molar-refractivity contribution in [3.05, 3.63) is 77.7 Å². The van der Waals surface area contributed by atoms with Gasteiger partial charge in [0.15, 0.2) is 17.3 Å². The summed E-state index contributed by atoms with van der Waals surface area (Å²) in [6, 6.07) is 14.6. The summed E-state index contributed by atoms with van der Waals surface area (Å²) >= 11 is 0. The average Bonchev–Trinajstić information content (AvgIpc) is 3.26. The van der Waals surface area contributed by atoms with E-state index in [1.807, 2.05) is 0 Å². The highest BCUT2D eigenvalue weighted by Gasteiger charge is 2.26. The first kappa shape index (κ1) is 21.6. The molecule has 1 aromatic heterocycles. The van der Waals surface area contributed by atoms with Gasteiger partial charge in [-0.05, 0) is 48.9 Å². The summed E-state index contributed by atoms with van der Waals surface area (Å²) in [6.45, 7) is 1.58. The Kier molecular flexibility index (Phi) is 6.59. The van der Waals surface area contributed by atoms with Crippen LogP contribution < -0.4 is 9.47 Å². The number of ketones is 1. The van der Waals surface area contributed by atoms with Crippen molar-refractivity contribution in [2.45, 2.75) is 24.9 Å². The molecule has 8 heteroatoms. The van der Waals surface area contributed by atoms with Gasteiger partial charge in [0.1, 0.15) is 5.76 Å². The minimum Gasteiger partial charge on any atom is -0.493 e. The lowest BCUT2D eigenvalue weighted by Crippen LogP contribution is -2.30. The number of hydrogen-bond donors (Lipinski definition) is 0. The Balaban J connectivity index is 1.96. The fraction of sp³-hybridized carbons (Fsp3) is 0.227. The molecule has 0 aliphatic heterocycles. The van der Waals surface area contributed by atoms with Crippen LogP contribution in [0, 0.1) is 0 Å². The zero-order valence-corrected chi connectivity index (χ0v) is 17.8. The molecule has 30 heavy (non-hydrogen) atoms. The molecule has 0 unspecified atom stereocenters. The van der Waals surface area contributed by atoms with Crippen molar-refractivity contribution < 1.29 is 27.1 Å². The van der Waals surface area contributed by atoms with Gasteiger partial charge in [0, 0.05) is 12.1 Å². The van der Waals surface area contributed by atoms with E-state index in [0.717, 1.165) is 5.56 Å². The lowest BCUT2D eigenvalue weighted by atomic mass is 10.2. The highest BCUT2D eigenvalue weighted by Crippen LogP contribution is 2.29. The molecular formula is C22H23NO6S. The molecule has 1 heterocycles. The van der Waals surface area contributed by atoms with Crippen LogP contribution in [0.3, 0.4) is 0 Å². The molecule has 0 saturated heterocycles. The van der Waals surface area contributed by atoms with E-state index in [0.29, 0.717) is 22.8 Å². The summed E-state index contributed by atoms with van der Waals surface area (Å²) in [7, 11) is -0.802. The molecule has 2 aromatic carbocycles. The van der Waals surface area contributed by atoms with Crippen molar-refractivity contribution in [2.24, 2.45) is 0 Å². The molecule has 0 N–H and O–H groups in total. The minimum absolute atomic E-state index is 0.0537. The Morgan fingerprint density at radius 2 is 1.67 bits per heavy atom. The molecule has 0 bridgehead atoms. The van der Waals surface area contributed by atoms with Crippen LogP contribution in [0.2, 0.25) is 0 Å². The predicted octanol–water partition coefficient (Wildman–Crippen LogP) is 3.89. The average molecular weight is 429 g/mol. The van der Waals surface area contributed by atoms with Crippen LogP contribution in [0.25, 0.3) is 0 Å². The molecular weight excluding hydrogens is 406 g/mol. The third kappa shape index (κ3) is 4.72. The van der Waals surface area contributed by atoms with E-state index in [-0.39, 0.29) is 23.8 Å². The number of carbonyl (C=O) groups is 1. The molecule has 0 aliphatic carbocycles. The Morgan fingerprint density at radius 1 is 0.967 bits per heavy atom. The number of carbonyl (C=O) groups excluding carboxylic acids is 1. The first-order valence-corrected chi connectivity index (χ1v) is 10.6. The van der Waals surface area contributed by atoms with E-state index in [9.17, 15) is 13.2 Å². The van der Waals surface area contributed by atoms with Crippen molar-refractivity contribution in [3.8, 4) is 11.5 Å². The van der Waals surface area contributed by atoms with Crippen molar-refractivity contribution in [2.75, 3.05) is 14.2 Å². The van der Waals surface area contributed by atoms with Crippen molar-refractivity contribution in [3.63, 3.8) is 0 Å². The molecule has 0 fully saturated rings. The summed E-state index contributed by atoms with van der Waals surface area (Å²) in [4.78, 5) is 11.6. The quantitative estimate of drug-likeness (QED) is 0.480. The van der Waals surface area contributed by atoms with Gasteiger partial charge in [0.2, 0.25) is 10.0 Å². The Labute approximate surface area is 175 Å². The second-order valence-corrected chi connectivity index (χ2v) is 8.56. The SMILES string of the molecule is COc1ccc(CN(Cc2ccco2)S(=O)(=O)c2ccc(C(C)=O)cc2)cc1OC. The second kappa shape index (κ2) is 9.15. The largest absolute Gasteiger partial charge is 0.493 e. The van der Waals surface area contributed by atoms with Crippen LogP contribution >= 0.6 is 0 Å². The number of Topliss-reactive ketones (excluding diaryl/α,β-unsaturated/α-hetero) is 1. The standard InChI is InChI=1S/C22H23NO6S/c1-16(24)18-7-9-20(10-8-18)30(25,26)23(15-19-5-4-12-29-19)14-17-6-11-21(27-2)22(13-17)28-3/h4-13H,14-15H2,1-3H3. The predicted molar refractivity (Wildman–Crippen MR) is 111 cm³/mol. The van der Waals surface area contributed by atoms with Gasteiger partial charge in [-0.1, -0.05) is 18.2 Å². The number of rotatable bonds is 9. The van der Waals surface area contributed by atoms with Gasteiger partial charge >= 0.3 is 0 Å². The van der Waals surface area contributed by atoms with E-state index in [4.69, 9.17) is 13.9 Å². The lowest BCUT2D eigenvalue weighted by molar-refractivity contribution is 0.101. The maximum atomic E-state index is 13.4. The zero-order valence-electron chi connectivity index (χ0n) is 17.0. The van der Waals surface area contributed by atoms with Crippen LogP contribution in [-0.4, -0.2) is 32.7 Å². The first-order chi connectivity index (χ1) is 14.3. The number of sulfonamides is 1. The number of benzene rings is 2. The van der Waals surface area contributed by atoms with Gasteiger partial charge < -0.3 is 13.9 Å². The molecule has 0 radical (unpaired) electrons. The highest BCUT2D eigenvalue weighted by atomic mass is 32.2. The molecule has 0 amide bonds. The fourth-order valence-corrected chi connectivity index (χ4v) is 4.39. The molecule has 3 rings (SSSR count). The van der Waals surface area contributed by atoms with Gasteiger partial charge in [0.05, 0.1) is 31.9 Å². The normalized spacial score (nSPS) is 11.5. The van der Waals surface area contributed by atoms with Crippen molar-refractivity contribution in [1.82, 2.24) is 4.31 Å². The second-order valence-electron chi connectivity index (χ2n) is 6.62. The zero-order chi connectivity index (χ0) is 21.7. The number of furan rings is 1. The number of nitrogens with zero attached hydrogens (tertiary/aromatic N) is 1. The summed E-state index contributed by atoms with van der Waals surface area (Å²) in [5, 5.41) is 0. The highest BCUT2D eigenvalue weighted by molar-refractivity contribution is 7.89. The van der Waals surface area contributed by atoms with Gasteiger partial charge in [-0.3, -0.25) is 4.79 Å². The van der Waals surface area contributed by atoms with Crippen LogP contribution in [-0.2, 0) is 23.1 Å². The van der Waals surface area contributed by atoms with Gasteiger partial charge in [0.25, 0.3) is 0 Å². The van der Waals surface area contributed by atoms with E-state index in [1.165, 1.54) is 56.0 Å². The Morgan fingerprint density at radius 3 is 2.23 bits per heavy atom. The van der Waals surface area contributed by atoms with Crippen molar-refractivity contribution in [1.29, 1.82) is 0 Å². The molecule has 7 nitrogen and oxygen atoms in total. The minimum atomic E-state index is -3.86. The van der Waals surface area contributed by atoms with Crippen LogP contribution in [0.5, 0.6) is 11.5 Å². The molecule has 0 saturated carbocycles. The lowest BCUT2D eigenvalue weighted by Gasteiger charge is -2.22. The van der Waals surface area contributed by atoms with E-state index >= 15 is 0 Å². The van der Waals surface area contributed by atoms with E-state index < -0.39 is 10.0 Å². The van der Waals surface area contributed by atoms with Gasteiger partial charge in [-0.25, -0.2) is 8.42 Å². The van der Waals surface area contributed by atoms with Crippen LogP contribution in [0.4, 0.5) is 0 Å². The maximum absolute atomic E-state index is 13.4. The number of ether oxygens (including phenoxy) is 2. The molecule has 3 aromatic rings. The topological polar surface area (TPSA) is 86.0 Å². The van der Waals surface area contributed by atoms with E-state index in [1.54, 1.807) is 30.3 Å². The van der Waals surface area contributed by atoms with E-state index in [2.05, 4.69) is 0 Å². The number of hydrogen-bond acceptors (Lipinski definition) is 6. The third-order valence-corrected chi connectivity index (χ3v) is 6.42. The summed E-state index contributed by atoms with van der Waals surface area (Å²) in [5.74, 6) is 1.45. The summed E-state index contributed by atoms with van der Waals surface area (Å²) < 4.78 is 44.0. The smallest absolute Gasteiger partial charge is 0.243 e. The summed E-state index contributed by atoms with van der Waals surface area (Å²) in [5.41, 5.74) is 1.18. The maximum Gasteiger partial charge on any atom is 0.243 e. The molecule has 0 atom stereocenters. The monoisotopic (exact) mass is 429 g/mol. The van der Waals surface area contributed by atoms with Crippen LogP contribution in [0.15, 0.2) is 70.2 Å². The molecule has 0 aliphatic rings. The van der Waals surface area contributed by atoms with Gasteiger partial charge in [-0.15, -0.1) is 0 Å². The van der Waals surface area contributed by atoms with Gasteiger partial charge in [-0.2, -0.15) is 4.31 Å².